The highest BCUT2D eigenvalue weighted by molar-refractivity contribution is 6.05. The van der Waals surface area contributed by atoms with E-state index in [1.807, 2.05) is 35.0 Å². The van der Waals surface area contributed by atoms with Gasteiger partial charge in [0.25, 0.3) is 5.91 Å². The minimum atomic E-state index is -0.450. The van der Waals surface area contributed by atoms with Crippen LogP contribution in [0.4, 0.5) is 10.1 Å². The van der Waals surface area contributed by atoms with E-state index in [0.717, 1.165) is 24.2 Å². The van der Waals surface area contributed by atoms with Crippen molar-refractivity contribution in [1.82, 2.24) is 9.78 Å². The molecule has 0 radical (unpaired) electrons. The summed E-state index contributed by atoms with van der Waals surface area (Å²) >= 11 is 0. The van der Waals surface area contributed by atoms with E-state index in [1.165, 1.54) is 6.07 Å². The standard InChI is InChI=1S/C19H16FN3O/c20-16-8-4-5-9-17(16)22-19(24)15-12-21-23(18(15)13-10-11-13)14-6-2-1-3-7-14/h1-9,12-13H,10-11H2,(H,22,24). The maximum Gasteiger partial charge on any atom is 0.259 e. The second-order valence-electron chi connectivity index (χ2n) is 5.90. The van der Waals surface area contributed by atoms with Crippen LogP contribution in [0.2, 0.25) is 0 Å². The third kappa shape index (κ3) is 2.69. The van der Waals surface area contributed by atoms with Gasteiger partial charge in [0.15, 0.2) is 0 Å². The van der Waals surface area contributed by atoms with Crippen LogP contribution in [0.3, 0.4) is 0 Å². The average molecular weight is 321 g/mol. The molecule has 0 unspecified atom stereocenters. The van der Waals surface area contributed by atoms with Gasteiger partial charge in [-0.1, -0.05) is 30.3 Å². The molecule has 0 bridgehead atoms. The summed E-state index contributed by atoms with van der Waals surface area (Å²) in [5.41, 5.74) is 2.50. The van der Waals surface area contributed by atoms with Gasteiger partial charge in [-0.25, -0.2) is 9.07 Å². The normalized spacial score (nSPS) is 13.7. The number of carbonyl (C=O) groups is 1. The van der Waals surface area contributed by atoms with Crippen molar-refractivity contribution in [1.29, 1.82) is 0 Å². The lowest BCUT2D eigenvalue weighted by Crippen LogP contribution is -2.15. The Morgan fingerprint density at radius 3 is 2.50 bits per heavy atom. The molecule has 1 aliphatic rings. The Morgan fingerprint density at radius 2 is 1.79 bits per heavy atom. The molecule has 1 heterocycles. The zero-order valence-corrected chi connectivity index (χ0v) is 12.9. The van der Waals surface area contributed by atoms with Crippen LogP contribution in [-0.2, 0) is 0 Å². The lowest BCUT2D eigenvalue weighted by Gasteiger charge is -2.10. The first-order chi connectivity index (χ1) is 11.7. The first kappa shape index (κ1) is 14.6. The Morgan fingerprint density at radius 1 is 1.08 bits per heavy atom. The second-order valence-corrected chi connectivity index (χ2v) is 5.90. The van der Waals surface area contributed by atoms with Crippen molar-refractivity contribution in [2.24, 2.45) is 0 Å². The van der Waals surface area contributed by atoms with Crippen LogP contribution in [0.25, 0.3) is 5.69 Å². The minimum Gasteiger partial charge on any atom is -0.319 e. The molecule has 5 heteroatoms. The predicted octanol–water partition coefficient (Wildman–Crippen LogP) is 4.14. The van der Waals surface area contributed by atoms with E-state index in [1.54, 1.807) is 24.4 Å². The van der Waals surface area contributed by atoms with Gasteiger partial charge < -0.3 is 5.32 Å². The zero-order chi connectivity index (χ0) is 16.5. The van der Waals surface area contributed by atoms with Gasteiger partial charge in [-0.3, -0.25) is 4.79 Å². The van der Waals surface area contributed by atoms with Gasteiger partial charge in [-0.05, 0) is 37.1 Å². The molecule has 4 rings (SSSR count). The Hall–Kier alpha value is -2.95. The van der Waals surface area contributed by atoms with E-state index >= 15 is 0 Å². The number of carbonyl (C=O) groups excluding carboxylic acids is 1. The SMILES string of the molecule is O=C(Nc1ccccc1F)c1cnn(-c2ccccc2)c1C1CC1. The molecule has 1 fully saturated rings. The molecule has 1 saturated carbocycles. The lowest BCUT2D eigenvalue weighted by molar-refractivity contribution is 0.102. The van der Waals surface area contributed by atoms with E-state index in [9.17, 15) is 9.18 Å². The predicted molar refractivity (Wildman–Crippen MR) is 89.9 cm³/mol. The Kier molecular flexibility index (Phi) is 3.61. The summed E-state index contributed by atoms with van der Waals surface area (Å²) in [4.78, 5) is 12.6. The van der Waals surface area contributed by atoms with Gasteiger partial charge in [0.2, 0.25) is 0 Å². The first-order valence-electron chi connectivity index (χ1n) is 7.93. The maximum atomic E-state index is 13.8. The molecular weight excluding hydrogens is 305 g/mol. The van der Waals surface area contributed by atoms with Gasteiger partial charge in [-0.2, -0.15) is 5.10 Å². The molecule has 24 heavy (non-hydrogen) atoms. The highest BCUT2D eigenvalue weighted by Gasteiger charge is 2.33. The summed E-state index contributed by atoms with van der Waals surface area (Å²) in [5, 5.41) is 7.04. The minimum absolute atomic E-state index is 0.178. The molecule has 1 amide bonds. The topological polar surface area (TPSA) is 46.9 Å². The molecule has 120 valence electrons. The quantitative estimate of drug-likeness (QED) is 0.785. The fourth-order valence-electron chi connectivity index (χ4n) is 2.81. The zero-order valence-electron chi connectivity index (χ0n) is 12.9. The number of rotatable bonds is 4. The van der Waals surface area contributed by atoms with E-state index in [0.29, 0.717) is 11.5 Å². The summed E-state index contributed by atoms with van der Waals surface area (Å²) in [6.07, 6.45) is 3.65. The number of amides is 1. The second kappa shape index (κ2) is 5.92. The number of anilines is 1. The largest absolute Gasteiger partial charge is 0.319 e. The van der Waals surface area contributed by atoms with Crippen LogP contribution < -0.4 is 5.32 Å². The lowest BCUT2D eigenvalue weighted by atomic mass is 10.1. The third-order valence-electron chi connectivity index (χ3n) is 4.14. The van der Waals surface area contributed by atoms with Crippen LogP contribution in [0.15, 0.2) is 60.8 Å². The van der Waals surface area contributed by atoms with Crippen molar-refractivity contribution in [2.75, 3.05) is 5.32 Å². The van der Waals surface area contributed by atoms with Crippen LogP contribution in [-0.4, -0.2) is 15.7 Å². The molecule has 0 aliphatic heterocycles. The number of nitrogens with zero attached hydrogens (tertiary/aromatic N) is 2. The third-order valence-corrected chi connectivity index (χ3v) is 4.14. The molecule has 1 N–H and O–H groups in total. The van der Waals surface area contributed by atoms with Crippen molar-refractivity contribution in [2.45, 2.75) is 18.8 Å². The summed E-state index contributed by atoms with van der Waals surface area (Å²) in [6.45, 7) is 0. The fraction of sp³-hybridized carbons (Fsp3) is 0.158. The maximum absolute atomic E-state index is 13.8. The molecular formula is C19H16FN3O. The van der Waals surface area contributed by atoms with Crippen molar-refractivity contribution in [3.8, 4) is 5.69 Å². The number of halogens is 1. The van der Waals surface area contributed by atoms with Crippen molar-refractivity contribution >= 4 is 11.6 Å². The summed E-state index contributed by atoms with van der Waals surface area (Å²) in [7, 11) is 0. The molecule has 3 aromatic rings. The fourth-order valence-corrected chi connectivity index (χ4v) is 2.81. The van der Waals surface area contributed by atoms with Crippen LogP contribution in [0, 0.1) is 5.82 Å². The van der Waals surface area contributed by atoms with E-state index in [2.05, 4.69) is 10.4 Å². The van der Waals surface area contributed by atoms with Crippen LogP contribution >= 0.6 is 0 Å². The van der Waals surface area contributed by atoms with Crippen molar-refractivity contribution in [3.05, 3.63) is 77.9 Å². The van der Waals surface area contributed by atoms with Gasteiger partial charge >= 0.3 is 0 Å². The van der Waals surface area contributed by atoms with Gasteiger partial charge in [-0.15, -0.1) is 0 Å². The molecule has 0 atom stereocenters. The van der Waals surface area contributed by atoms with Gasteiger partial charge in [0.05, 0.1) is 28.8 Å². The average Bonchev–Trinajstić information content (AvgIpc) is 3.35. The van der Waals surface area contributed by atoms with Gasteiger partial charge in [0, 0.05) is 5.92 Å². The van der Waals surface area contributed by atoms with Crippen LogP contribution in [0.5, 0.6) is 0 Å². The number of hydrogen-bond donors (Lipinski definition) is 1. The Balaban J connectivity index is 1.70. The highest BCUT2D eigenvalue weighted by Crippen LogP contribution is 2.42. The molecule has 1 aromatic heterocycles. The van der Waals surface area contributed by atoms with Crippen molar-refractivity contribution in [3.63, 3.8) is 0 Å². The number of benzene rings is 2. The summed E-state index contributed by atoms with van der Waals surface area (Å²) in [6, 6.07) is 15.9. The monoisotopic (exact) mass is 321 g/mol. The molecule has 4 nitrogen and oxygen atoms in total. The Bertz CT molecular complexity index is 885. The van der Waals surface area contributed by atoms with Crippen molar-refractivity contribution < 1.29 is 9.18 Å². The summed E-state index contributed by atoms with van der Waals surface area (Å²) < 4.78 is 15.6. The highest BCUT2D eigenvalue weighted by atomic mass is 19.1. The van der Waals surface area contributed by atoms with E-state index < -0.39 is 5.82 Å². The van der Waals surface area contributed by atoms with E-state index in [4.69, 9.17) is 0 Å². The van der Waals surface area contributed by atoms with E-state index in [-0.39, 0.29) is 11.6 Å². The number of nitrogens with one attached hydrogen (secondary N) is 1. The number of hydrogen-bond acceptors (Lipinski definition) is 2. The first-order valence-corrected chi connectivity index (χ1v) is 7.93. The number of para-hydroxylation sites is 2. The molecule has 2 aromatic carbocycles. The molecule has 0 saturated heterocycles. The Labute approximate surface area is 138 Å². The van der Waals surface area contributed by atoms with Crippen LogP contribution in [0.1, 0.15) is 34.8 Å². The molecule has 0 spiro atoms. The molecule has 1 aliphatic carbocycles. The number of aromatic nitrogens is 2. The van der Waals surface area contributed by atoms with Gasteiger partial charge in [0.1, 0.15) is 5.82 Å². The summed E-state index contributed by atoms with van der Waals surface area (Å²) in [5.74, 6) is -0.451. The smallest absolute Gasteiger partial charge is 0.259 e.